The summed E-state index contributed by atoms with van der Waals surface area (Å²) in [4.78, 5) is 2.51. The number of rotatable bonds is 7. The van der Waals surface area contributed by atoms with Gasteiger partial charge in [0.05, 0.1) is 6.10 Å². The molecule has 2 aliphatic rings. The van der Waals surface area contributed by atoms with Crippen molar-refractivity contribution in [2.45, 2.75) is 52.6 Å². The van der Waals surface area contributed by atoms with E-state index >= 15 is 0 Å². The van der Waals surface area contributed by atoms with Crippen LogP contribution in [0.3, 0.4) is 0 Å². The average Bonchev–Trinajstić information content (AvgIpc) is 3.25. The van der Waals surface area contributed by atoms with Gasteiger partial charge in [0.2, 0.25) is 11.8 Å². The lowest BCUT2D eigenvalue weighted by Crippen LogP contribution is -2.99. The Hall–Kier alpha value is -2.10. The van der Waals surface area contributed by atoms with Gasteiger partial charge in [-0.05, 0) is 62.0 Å². The number of piperidine rings is 1. The molecule has 1 aliphatic heterocycles. The lowest BCUT2D eigenvalue weighted by molar-refractivity contribution is -0.991. The van der Waals surface area contributed by atoms with Crippen LogP contribution in [-0.4, -0.2) is 51.1 Å². The minimum Gasteiger partial charge on any atom is -0.595 e. The Labute approximate surface area is 195 Å². The number of likely N-dealkylation sites (tertiary alicyclic amines) is 1. The van der Waals surface area contributed by atoms with Crippen LogP contribution >= 0.6 is 0 Å². The van der Waals surface area contributed by atoms with E-state index in [4.69, 9.17) is 9.62 Å². The number of aliphatic hydroxyl groups is 1. The Kier molecular flexibility index (Phi) is 7.61. The highest BCUT2D eigenvalue weighted by molar-refractivity contribution is 5.55. The number of hydrogen-bond acceptors (Lipinski definition) is 7. The minimum absolute atomic E-state index is 0.135. The highest BCUT2D eigenvalue weighted by Gasteiger charge is 2.34. The molecular weight excluding hydrogens is 420 g/mol. The van der Waals surface area contributed by atoms with Gasteiger partial charge in [-0.2, -0.15) is 5.23 Å². The van der Waals surface area contributed by atoms with Gasteiger partial charge < -0.3 is 19.6 Å². The quantitative estimate of drug-likeness (QED) is 0.434. The van der Waals surface area contributed by atoms with Gasteiger partial charge in [0.25, 0.3) is 0 Å². The highest BCUT2D eigenvalue weighted by atomic mass is 16.8. The van der Waals surface area contributed by atoms with Gasteiger partial charge in [-0.3, -0.25) is 0 Å². The smallest absolute Gasteiger partial charge is 0.247 e. The predicted octanol–water partition coefficient (Wildman–Crippen LogP) is 2.99. The Morgan fingerprint density at radius 1 is 1.18 bits per heavy atom. The number of aliphatic hydroxyl groups excluding tert-OH is 1. The summed E-state index contributed by atoms with van der Waals surface area (Å²) in [5.74, 6) is 3.13. The summed E-state index contributed by atoms with van der Waals surface area (Å²) in [6.45, 7) is 9.88. The molecule has 180 valence electrons. The molecule has 0 saturated carbocycles. The maximum atomic E-state index is 11.1. The maximum absolute atomic E-state index is 11.1. The average molecular weight is 457 g/mol. The van der Waals surface area contributed by atoms with Gasteiger partial charge in [-0.25, -0.2) is 5.21 Å². The standard InChI is InChI=1S/C25H36N4O4/c1-16(2)23-13-19(17(3)12-20(23)15-28-10-8-22(30)9-11-28)14-24-26-27-25(33-24)18-4-6-21(7-5-18)29(31)32/h4-7,12,16,19-20,22-23,29-31H,8-11,13-15H2,1-3H3/t19-,20-,23-/m0/s1. The Morgan fingerprint density at radius 3 is 2.52 bits per heavy atom. The van der Waals surface area contributed by atoms with E-state index in [0.717, 1.165) is 44.5 Å². The summed E-state index contributed by atoms with van der Waals surface area (Å²) in [5, 5.41) is 37.5. The van der Waals surface area contributed by atoms with E-state index in [1.165, 1.54) is 5.57 Å². The molecule has 2 heterocycles. The van der Waals surface area contributed by atoms with Crippen LogP contribution < -0.4 is 5.23 Å². The van der Waals surface area contributed by atoms with Crippen molar-refractivity contribution in [3.05, 3.63) is 47.0 Å². The van der Waals surface area contributed by atoms with Gasteiger partial charge in [0, 0.05) is 43.8 Å². The number of benzene rings is 1. The van der Waals surface area contributed by atoms with Crippen molar-refractivity contribution in [3.63, 3.8) is 0 Å². The van der Waals surface area contributed by atoms with Gasteiger partial charge >= 0.3 is 0 Å². The molecule has 8 heteroatoms. The second-order valence-corrected chi connectivity index (χ2v) is 10.0. The van der Waals surface area contributed by atoms with Crippen LogP contribution in [-0.2, 0) is 6.42 Å². The summed E-state index contributed by atoms with van der Waals surface area (Å²) in [6.07, 6.45) is 5.91. The van der Waals surface area contributed by atoms with E-state index in [9.17, 15) is 10.3 Å². The Balaban J connectivity index is 1.43. The van der Waals surface area contributed by atoms with Crippen molar-refractivity contribution in [2.24, 2.45) is 23.7 Å². The third-order valence-corrected chi connectivity index (χ3v) is 7.38. The zero-order valence-electron chi connectivity index (χ0n) is 19.8. The van der Waals surface area contributed by atoms with Crippen LogP contribution in [0.15, 0.2) is 40.3 Å². The van der Waals surface area contributed by atoms with Crippen molar-refractivity contribution in [2.75, 3.05) is 19.6 Å². The Bertz CT molecular complexity index is 932. The fourth-order valence-electron chi connectivity index (χ4n) is 5.30. The monoisotopic (exact) mass is 456 g/mol. The zero-order valence-corrected chi connectivity index (χ0v) is 19.8. The third-order valence-electron chi connectivity index (χ3n) is 7.38. The van der Waals surface area contributed by atoms with E-state index in [-0.39, 0.29) is 11.8 Å². The lowest BCUT2D eigenvalue weighted by atomic mass is 9.69. The van der Waals surface area contributed by atoms with Crippen LogP contribution in [0.4, 0.5) is 5.69 Å². The van der Waals surface area contributed by atoms with Crippen molar-refractivity contribution in [3.8, 4) is 11.5 Å². The van der Waals surface area contributed by atoms with Crippen LogP contribution in [0.5, 0.6) is 0 Å². The van der Waals surface area contributed by atoms with E-state index in [2.05, 4.69) is 41.9 Å². The number of quaternary nitrogens is 1. The van der Waals surface area contributed by atoms with Crippen LogP contribution in [0.25, 0.3) is 11.5 Å². The molecule has 1 aromatic carbocycles. The predicted molar refractivity (Wildman–Crippen MR) is 125 cm³/mol. The number of hydrogen-bond donors (Lipinski definition) is 3. The summed E-state index contributed by atoms with van der Waals surface area (Å²) >= 11 is 0. The molecule has 8 nitrogen and oxygen atoms in total. The molecule has 1 aliphatic carbocycles. The van der Waals surface area contributed by atoms with E-state index in [0.29, 0.717) is 41.9 Å². The van der Waals surface area contributed by atoms with E-state index < -0.39 is 5.23 Å². The van der Waals surface area contributed by atoms with Gasteiger partial charge in [-0.15, -0.1) is 10.2 Å². The SMILES string of the molecule is CC1=C[C@@H](CN2CCC(O)CC2)[C@H](C(C)C)C[C@H]1Cc1nnc(-c2ccc([NH+]([O-])O)cc2)o1. The summed E-state index contributed by atoms with van der Waals surface area (Å²) < 4.78 is 5.95. The number of allylic oxidation sites excluding steroid dienone is 1. The van der Waals surface area contributed by atoms with Crippen LogP contribution in [0.2, 0.25) is 0 Å². The van der Waals surface area contributed by atoms with Crippen molar-refractivity contribution >= 4 is 5.69 Å². The molecule has 33 heavy (non-hydrogen) atoms. The molecule has 0 radical (unpaired) electrons. The first-order chi connectivity index (χ1) is 15.8. The number of aromatic nitrogens is 2. The molecule has 0 spiro atoms. The molecule has 4 atom stereocenters. The molecule has 1 saturated heterocycles. The molecule has 2 aromatic rings. The molecule has 3 N–H and O–H groups in total. The first-order valence-electron chi connectivity index (χ1n) is 12.0. The summed E-state index contributed by atoms with van der Waals surface area (Å²) in [7, 11) is 0. The van der Waals surface area contributed by atoms with Gasteiger partial charge in [0.15, 0.2) is 5.69 Å². The van der Waals surface area contributed by atoms with Crippen molar-refractivity contribution in [1.82, 2.24) is 15.1 Å². The van der Waals surface area contributed by atoms with Gasteiger partial charge in [-0.1, -0.05) is 25.5 Å². The molecule has 4 rings (SSSR count). The van der Waals surface area contributed by atoms with Gasteiger partial charge in [0.1, 0.15) is 0 Å². The highest BCUT2D eigenvalue weighted by Crippen LogP contribution is 2.39. The molecule has 1 aromatic heterocycles. The van der Waals surface area contributed by atoms with E-state index in [1.54, 1.807) is 24.3 Å². The molecule has 0 bridgehead atoms. The topological polar surface area (TPSA) is 110 Å². The first-order valence-corrected chi connectivity index (χ1v) is 12.0. The molecular formula is C25H36N4O4. The fraction of sp³-hybridized carbons (Fsp3) is 0.600. The van der Waals surface area contributed by atoms with Crippen molar-refractivity contribution < 1.29 is 20.0 Å². The fourth-order valence-corrected chi connectivity index (χ4v) is 5.30. The summed E-state index contributed by atoms with van der Waals surface area (Å²) in [5.41, 5.74) is 2.34. The second-order valence-electron chi connectivity index (χ2n) is 10.0. The minimum atomic E-state index is -0.955. The van der Waals surface area contributed by atoms with E-state index in [1.807, 2.05) is 0 Å². The third kappa shape index (κ3) is 5.88. The first kappa shape index (κ1) is 24.0. The van der Waals surface area contributed by atoms with Crippen LogP contribution in [0.1, 0.15) is 45.9 Å². The Morgan fingerprint density at radius 2 is 1.88 bits per heavy atom. The second kappa shape index (κ2) is 10.4. The normalized spacial score (nSPS) is 25.9. The maximum Gasteiger partial charge on any atom is 0.247 e. The van der Waals surface area contributed by atoms with Crippen LogP contribution in [0, 0.1) is 28.9 Å². The largest absolute Gasteiger partial charge is 0.595 e. The lowest BCUT2D eigenvalue weighted by Gasteiger charge is -2.40. The zero-order chi connectivity index (χ0) is 23.5. The molecule has 0 amide bonds. The van der Waals surface area contributed by atoms with Crippen molar-refractivity contribution in [1.29, 1.82) is 0 Å². The number of nitrogens with zero attached hydrogens (tertiary/aromatic N) is 3. The summed E-state index contributed by atoms with van der Waals surface area (Å²) in [6, 6.07) is 6.49. The molecule has 1 unspecified atom stereocenters. The molecule has 1 fully saturated rings. The number of nitrogens with one attached hydrogen (secondary N) is 1.